The Balaban J connectivity index is 2.46. The number of halogens is 1. The summed E-state index contributed by atoms with van der Waals surface area (Å²) in [5.41, 5.74) is 1.81. The monoisotopic (exact) mass is 312 g/mol. The number of nitrogens with zero attached hydrogens (tertiary/aromatic N) is 1. The van der Waals surface area contributed by atoms with E-state index in [4.69, 9.17) is 0 Å². The molecule has 0 aliphatic carbocycles. The van der Waals surface area contributed by atoms with Crippen LogP contribution in [0.5, 0.6) is 0 Å². The lowest BCUT2D eigenvalue weighted by Crippen LogP contribution is -2.26. The van der Waals surface area contributed by atoms with Crippen LogP contribution in [-0.2, 0) is 0 Å². The molecule has 0 aliphatic rings. The molecular formula is C14H21BrN2O. The van der Waals surface area contributed by atoms with Gasteiger partial charge in [0, 0.05) is 36.7 Å². The van der Waals surface area contributed by atoms with E-state index in [1.54, 1.807) is 0 Å². The molecular weight excluding hydrogens is 292 g/mol. The van der Waals surface area contributed by atoms with Gasteiger partial charge in [0.15, 0.2) is 0 Å². The number of amides is 1. The molecule has 0 aromatic heterocycles. The largest absolute Gasteiger partial charge is 0.378 e. The van der Waals surface area contributed by atoms with Crippen LogP contribution in [0.4, 0.5) is 5.69 Å². The summed E-state index contributed by atoms with van der Waals surface area (Å²) in [5.74, 6) is -0.00360. The van der Waals surface area contributed by atoms with Crippen LogP contribution >= 0.6 is 15.9 Å². The molecule has 0 fully saturated rings. The average Bonchev–Trinajstić information content (AvgIpc) is 2.38. The SMILES string of the molecule is CCC(Br)CCNC(=O)c1ccc(N(C)C)cc1. The average molecular weight is 313 g/mol. The Morgan fingerprint density at radius 2 is 1.94 bits per heavy atom. The first kappa shape index (κ1) is 15.0. The fourth-order valence-electron chi connectivity index (χ4n) is 1.56. The van der Waals surface area contributed by atoms with Crippen LogP contribution in [0.1, 0.15) is 30.1 Å². The van der Waals surface area contributed by atoms with Crippen LogP contribution in [0, 0.1) is 0 Å². The predicted octanol–water partition coefficient (Wildman–Crippen LogP) is 3.05. The molecule has 0 heterocycles. The van der Waals surface area contributed by atoms with Crippen LogP contribution in [0.15, 0.2) is 24.3 Å². The zero-order valence-electron chi connectivity index (χ0n) is 11.2. The first-order valence-corrected chi connectivity index (χ1v) is 7.15. The molecule has 1 N–H and O–H groups in total. The molecule has 1 aromatic carbocycles. The smallest absolute Gasteiger partial charge is 0.251 e. The van der Waals surface area contributed by atoms with E-state index in [9.17, 15) is 4.79 Å². The molecule has 100 valence electrons. The topological polar surface area (TPSA) is 32.3 Å². The standard InChI is InChI=1S/C14H21BrN2O/c1-4-12(15)9-10-16-14(18)11-5-7-13(8-6-11)17(2)3/h5-8,12H,4,9-10H2,1-3H3,(H,16,18). The molecule has 3 nitrogen and oxygen atoms in total. The Kier molecular flexibility index (Phi) is 6.19. The van der Waals surface area contributed by atoms with Crippen molar-refractivity contribution in [1.82, 2.24) is 5.32 Å². The number of alkyl halides is 1. The second-order valence-electron chi connectivity index (χ2n) is 4.49. The van der Waals surface area contributed by atoms with Crippen molar-refractivity contribution in [3.8, 4) is 0 Å². The molecule has 4 heteroatoms. The van der Waals surface area contributed by atoms with E-state index in [1.807, 2.05) is 43.3 Å². The van der Waals surface area contributed by atoms with E-state index in [2.05, 4.69) is 28.2 Å². The molecule has 0 aliphatic heterocycles. The second kappa shape index (κ2) is 7.41. The number of carbonyl (C=O) groups excluding carboxylic acids is 1. The minimum Gasteiger partial charge on any atom is -0.378 e. The molecule has 0 radical (unpaired) electrons. The van der Waals surface area contributed by atoms with Crippen molar-refractivity contribution in [2.24, 2.45) is 0 Å². The minimum absolute atomic E-state index is 0.00360. The third-order valence-electron chi connectivity index (χ3n) is 2.83. The number of hydrogen-bond donors (Lipinski definition) is 1. The second-order valence-corrected chi connectivity index (χ2v) is 5.79. The quantitative estimate of drug-likeness (QED) is 0.819. The minimum atomic E-state index is -0.00360. The summed E-state index contributed by atoms with van der Waals surface area (Å²) in [6, 6.07) is 7.62. The van der Waals surface area contributed by atoms with Crippen molar-refractivity contribution in [2.45, 2.75) is 24.6 Å². The van der Waals surface area contributed by atoms with Crippen molar-refractivity contribution in [2.75, 3.05) is 25.5 Å². The van der Waals surface area contributed by atoms with Gasteiger partial charge in [-0.15, -0.1) is 0 Å². The summed E-state index contributed by atoms with van der Waals surface area (Å²) in [5, 5.41) is 2.93. The van der Waals surface area contributed by atoms with Gasteiger partial charge in [-0.25, -0.2) is 0 Å². The van der Waals surface area contributed by atoms with Gasteiger partial charge in [-0.1, -0.05) is 22.9 Å². The van der Waals surface area contributed by atoms with Gasteiger partial charge in [0.25, 0.3) is 5.91 Å². The lowest BCUT2D eigenvalue weighted by molar-refractivity contribution is 0.0953. The maximum atomic E-state index is 11.9. The highest BCUT2D eigenvalue weighted by molar-refractivity contribution is 9.09. The molecule has 1 rings (SSSR count). The first-order chi connectivity index (χ1) is 8.54. The molecule has 1 unspecified atom stereocenters. The Bertz CT molecular complexity index is 376. The zero-order valence-corrected chi connectivity index (χ0v) is 12.8. The predicted molar refractivity (Wildman–Crippen MR) is 80.7 cm³/mol. The van der Waals surface area contributed by atoms with E-state index >= 15 is 0 Å². The Hall–Kier alpha value is -1.03. The molecule has 1 atom stereocenters. The molecule has 18 heavy (non-hydrogen) atoms. The van der Waals surface area contributed by atoms with E-state index in [0.29, 0.717) is 16.9 Å². The summed E-state index contributed by atoms with van der Waals surface area (Å²) in [7, 11) is 3.96. The van der Waals surface area contributed by atoms with Gasteiger partial charge in [0.05, 0.1) is 0 Å². The van der Waals surface area contributed by atoms with Crippen molar-refractivity contribution < 1.29 is 4.79 Å². The number of benzene rings is 1. The van der Waals surface area contributed by atoms with Crippen LogP contribution in [0.3, 0.4) is 0 Å². The first-order valence-electron chi connectivity index (χ1n) is 6.24. The fraction of sp³-hybridized carbons (Fsp3) is 0.500. The van der Waals surface area contributed by atoms with Crippen molar-refractivity contribution in [3.05, 3.63) is 29.8 Å². The van der Waals surface area contributed by atoms with E-state index < -0.39 is 0 Å². The van der Waals surface area contributed by atoms with Gasteiger partial charge in [-0.3, -0.25) is 4.79 Å². The summed E-state index contributed by atoms with van der Waals surface area (Å²) in [4.78, 5) is 14.3. The molecule has 1 aromatic rings. The van der Waals surface area contributed by atoms with Gasteiger partial charge in [-0.2, -0.15) is 0 Å². The summed E-state index contributed by atoms with van der Waals surface area (Å²) >= 11 is 3.55. The van der Waals surface area contributed by atoms with Crippen LogP contribution in [0.25, 0.3) is 0 Å². The zero-order chi connectivity index (χ0) is 13.5. The van der Waals surface area contributed by atoms with E-state index in [-0.39, 0.29) is 5.91 Å². The van der Waals surface area contributed by atoms with Gasteiger partial charge in [0.1, 0.15) is 0 Å². The summed E-state index contributed by atoms with van der Waals surface area (Å²) < 4.78 is 0. The highest BCUT2D eigenvalue weighted by atomic mass is 79.9. The molecule has 0 saturated heterocycles. The molecule has 1 amide bonds. The van der Waals surface area contributed by atoms with E-state index in [1.165, 1.54) is 0 Å². The highest BCUT2D eigenvalue weighted by Crippen LogP contribution is 2.12. The number of nitrogens with one attached hydrogen (secondary N) is 1. The van der Waals surface area contributed by atoms with E-state index in [0.717, 1.165) is 18.5 Å². The number of anilines is 1. The Morgan fingerprint density at radius 3 is 2.44 bits per heavy atom. The molecule has 0 spiro atoms. The number of hydrogen-bond acceptors (Lipinski definition) is 2. The lowest BCUT2D eigenvalue weighted by Gasteiger charge is -2.13. The van der Waals surface area contributed by atoms with Crippen LogP contribution in [0.2, 0.25) is 0 Å². The maximum Gasteiger partial charge on any atom is 0.251 e. The summed E-state index contributed by atoms with van der Waals surface area (Å²) in [6.45, 7) is 2.83. The fourth-order valence-corrected chi connectivity index (χ4v) is 1.79. The van der Waals surface area contributed by atoms with Crippen molar-refractivity contribution in [3.63, 3.8) is 0 Å². The normalized spacial score (nSPS) is 12.0. The lowest BCUT2D eigenvalue weighted by atomic mass is 10.2. The van der Waals surface area contributed by atoms with Gasteiger partial charge >= 0.3 is 0 Å². The molecule has 0 saturated carbocycles. The van der Waals surface area contributed by atoms with Crippen LogP contribution < -0.4 is 10.2 Å². The number of carbonyl (C=O) groups is 1. The summed E-state index contributed by atoms with van der Waals surface area (Å²) in [6.07, 6.45) is 2.03. The van der Waals surface area contributed by atoms with Crippen molar-refractivity contribution in [1.29, 1.82) is 0 Å². The van der Waals surface area contributed by atoms with Gasteiger partial charge in [-0.05, 0) is 37.1 Å². The molecule has 0 bridgehead atoms. The Labute approximate surface area is 118 Å². The highest BCUT2D eigenvalue weighted by Gasteiger charge is 2.06. The van der Waals surface area contributed by atoms with Crippen LogP contribution in [-0.4, -0.2) is 31.4 Å². The number of rotatable bonds is 6. The van der Waals surface area contributed by atoms with Gasteiger partial charge in [0.2, 0.25) is 0 Å². The van der Waals surface area contributed by atoms with Gasteiger partial charge < -0.3 is 10.2 Å². The maximum absolute atomic E-state index is 11.9. The third kappa shape index (κ3) is 4.69. The van der Waals surface area contributed by atoms with Crippen molar-refractivity contribution >= 4 is 27.5 Å². The Morgan fingerprint density at radius 1 is 1.33 bits per heavy atom. The third-order valence-corrected chi connectivity index (χ3v) is 3.94.